The molecule has 0 aromatic heterocycles. The number of carbonyl (C=O) groups is 1. The Morgan fingerprint density at radius 1 is 1.19 bits per heavy atom. The zero-order valence-electron chi connectivity index (χ0n) is 10.0. The Labute approximate surface area is 96.4 Å². The molecule has 0 spiro atoms. The Hall–Kier alpha value is -1.19. The Morgan fingerprint density at radius 2 is 1.75 bits per heavy atom. The van der Waals surface area contributed by atoms with E-state index in [1.54, 1.807) is 0 Å². The Morgan fingerprint density at radius 3 is 2.19 bits per heavy atom. The maximum Gasteiger partial charge on any atom is 0.222 e. The van der Waals surface area contributed by atoms with Crippen LogP contribution in [0.5, 0.6) is 0 Å². The lowest BCUT2D eigenvalue weighted by Crippen LogP contribution is -2.24. The second kappa shape index (κ2) is 6.40. The van der Waals surface area contributed by atoms with Gasteiger partial charge in [-0.3, -0.25) is 4.79 Å². The van der Waals surface area contributed by atoms with Gasteiger partial charge in [0.1, 0.15) is 0 Å². The maximum absolute atomic E-state index is 11.8. The highest BCUT2D eigenvalue weighted by atomic mass is 16.7. The van der Waals surface area contributed by atoms with Crippen LogP contribution >= 0.6 is 0 Å². The molecular weight excluding hydrogens is 204 g/mol. The predicted octanol–water partition coefficient (Wildman–Crippen LogP) is 2.44. The molecule has 0 radical (unpaired) electrons. The molecule has 0 aliphatic rings. The maximum atomic E-state index is 11.8. The van der Waals surface area contributed by atoms with Gasteiger partial charge in [0.25, 0.3) is 0 Å². The van der Waals surface area contributed by atoms with E-state index in [4.69, 9.17) is 9.47 Å². The highest BCUT2D eigenvalue weighted by Crippen LogP contribution is 2.10. The minimum absolute atomic E-state index is 0.145. The fraction of sp³-hybridized carbons (Fsp3) is 0.462. The number of methoxy groups -OCH3 is 2. The summed E-state index contributed by atoms with van der Waals surface area (Å²) >= 11 is 0. The van der Waals surface area contributed by atoms with Crippen LogP contribution in [0.3, 0.4) is 0 Å². The number of benzene rings is 1. The number of ether oxygens (including phenoxy) is 2. The molecule has 0 aliphatic carbocycles. The third kappa shape index (κ3) is 3.15. The van der Waals surface area contributed by atoms with Crippen molar-refractivity contribution in [3.63, 3.8) is 0 Å². The van der Waals surface area contributed by atoms with Gasteiger partial charge in [-0.1, -0.05) is 37.6 Å². The van der Waals surface area contributed by atoms with Crippen molar-refractivity contribution in [2.24, 2.45) is 0 Å². The topological polar surface area (TPSA) is 35.5 Å². The van der Waals surface area contributed by atoms with Gasteiger partial charge in [0.05, 0.1) is 0 Å². The molecule has 0 aliphatic heterocycles. The summed E-state index contributed by atoms with van der Waals surface area (Å²) in [5, 5.41) is 0. The van der Waals surface area contributed by atoms with Gasteiger partial charge in [-0.15, -0.1) is 0 Å². The van der Waals surface area contributed by atoms with Crippen LogP contribution in [-0.2, 0) is 15.9 Å². The van der Waals surface area contributed by atoms with Gasteiger partial charge in [0.15, 0.2) is 0 Å². The summed E-state index contributed by atoms with van der Waals surface area (Å²) in [6.45, 7) is 2.13. The molecule has 0 fully saturated rings. The summed E-state index contributed by atoms with van der Waals surface area (Å²) in [4.78, 5) is 11.8. The van der Waals surface area contributed by atoms with Gasteiger partial charge in [-0.05, 0) is 12.0 Å². The van der Waals surface area contributed by atoms with E-state index in [1.165, 1.54) is 19.8 Å². The lowest BCUT2D eigenvalue weighted by Gasteiger charge is -2.12. The van der Waals surface area contributed by atoms with E-state index < -0.39 is 6.29 Å². The fourth-order valence-electron chi connectivity index (χ4n) is 1.57. The Kier molecular flexibility index (Phi) is 5.15. The molecule has 1 aromatic carbocycles. The first kappa shape index (κ1) is 12.9. The lowest BCUT2D eigenvalue weighted by atomic mass is 10.1. The Bertz CT molecular complexity index is 326. The summed E-state index contributed by atoms with van der Waals surface area (Å²) in [5.74, 6) is -0.145. The summed E-state index contributed by atoms with van der Waals surface area (Å²) in [7, 11) is 2.91. The van der Waals surface area contributed by atoms with Crippen LogP contribution in [0.1, 0.15) is 29.3 Å². The SMILES string of the molecule is CCCc1ccc(C(=O)C(OC)OC)cc1. The molecule has 3 nitrogen and oxygen atoms in total. The van der Waals surface area contributed by atoms with Crippen molar-refractivity contribution >= 4 is 5.78 Å². The van der Waals surface area contributed by atoms with Crippen molar-refractivity contribution < 1.29 is 14.3 Å². The van der Waals surface area contributed by atoms with Crippen molar-refractivity contribution in [2.45, 2.75) is 26.1 Å². The number of hydrogen-bond acceptors (Lipinski definition) is 3. The molecule has 3 heteroatoms. The van der Waals surface area contributed by atoms with Crippen LogP contribution in [0.4, 0.5) is 0 Å². The third-order valence-corrected chi connectivity index (χ3v) is 2.42. The minimum atomic E-state index is -0.808. The average molecular weight is 222 g/mol. The fourth-order valence-corrected chi connectivity index (χ4v) is 1.57. The summed E-state index contributed by atoms with van der Waals surface area (Å²) < 4.78 is 9.84. The number of Topliss-reactive ketones (excluding diaryl/α,β-unsaturated/α-hetero) is 1. The smallest absolute Gasteiger partial charge is 0.222 e. The number of aryl methyl sites for hydroxylation is 1. The highest BCUT2D eigenvalue weighted by Gasteiger charge is 2.18. The van der Waals surface area contributed by atoms with E-state index >= 15 is 0 Å². The van der Waals surface area contributed by atoms with E-state index in [9.17, 15) is 4.79 Å². The minimum Gasteiger partial charge on any atom is -0.349 e. The predicted molar refractivity (Wildman–Crippen MR) is 62.6 cm³/mol. The van der Waals surface area contributed by atoms with Crippen LogP contribution in [0.2, 0.25) is 0 Å². The molecule has 1 aromatic rings. The number of hydrogen-bond donors (Lipinski definition) is 0. The monoisotopic (exact) mass is 222 g/mol. The Balaban J connectivity index is 2.76. The molecule has 0 saturated heterocycles. The van der Waals surface area contributed by atoms with Crippen LogP contribution in [-0.4, -0.2) is 26.3 Å². The molecule has 0 saturated carbocycles. The standard InChI is InChI=1S/C13H18O3/c1-4-5-10-6-8-11(9-7-10)12(14)13(15-2)16-3/h6-9,13H,4-5H2,1-3H3. The quantitative estimate of drug-likeness (QED) is 0.548. The second-order valence-electron chi connectivity index (χ2n) is 3.61. The van der Waals surface area contributed by atoms with Crippen LogP contribution < -0.4 is 0 Å². The van der Waals surface area contributed by atoms with Crippen molar-refractivity contribution in [2.75, 3.05) is 14.2 Å². The molecule has 0 unspecified atom stereocenters. The lowest BCUT2D eigenvalue weighted by molar-refractivity contribution is -0.0742. The van der Waals surface area contributed by atoms with E-state index in [-0.39, 0.29) is 5.78 Å². The van der Waals surface area contributed by atoms with E-state index in [1.807, 2.05) is 24.3 Å². The van der Waals surface area contributed by atoms with E-state index in [0.717, 1.165) is 12.8 Å². The van der Waals surface area contributed by atoms with Gasteiger partial charge in [-0.2, -0.15) is 0 Å². The average Bonchev–Trinajstić information content (AvgIpc) is 2.32. The van der Waals surface area contributed by atoms with E-state index in [2.05, 4.69) is 6.92 Å². The highest BCUT2D eigenvalue weighted by molar-refractivity contribution is 5.98. The molecular formula is C13H18O3. The number of ketones is 1. The first-order chi connectivity index (χ1) is 7.72. The zero-order chi connectivity index (χ0) is 12.0. The first-order valence-electron chi connectivity index (χ1n) is 5.41. The molecule has 1 rings (SSSR count). The van der Waals surface area contributed by atoms with Crippen LogP contribution in [0.15, 0.2) is 24.3 Å². The molecule has 0 N–H and O–H groups in total. The van der Waals surface area contributed by atoms with Crippen molar-refractivity contribution in [1.29, 1.82) is 0 Å². The summed E-state index contributed by atoms with van der Waals surface area (Å²) in [5.41, 5.74) is 1.86. The van der Waals surface area contributed by atoms with Crippen molar-refractivity contribution in [3.8, 4) is 0 Å². The number of carbonyl (C=O) groups excluding carboxylic acids is 1. The molecule has 0 atom stereocenters. The normalized spacial score (nSPS) is 10.8. The van der Waals surface area contributed by atoms with Gasteiger partial charge >= 0.3 is 0 Å². The molecule has 0 amide bonds. The largest absolute Gasteiger partial charge is 0.349 e. The molecule has 0 bridgehead atoms. The van der Waals surface area contributed by atoms with Crippen LogP contribution in [0, 0.1) is 0 Å². The van der Waals surface area contributed by atoms with E-state index in [0.29, 0.717) is 5.56 Å². The molecule has 16 heavy (non-hydrogen) atoms. The third-order valence-electron chi connectivity index (χ3n) is 2.42. The molecule has 0 heterocycles. The first-order valence-corrected chi connectivity index (χ1v) is 5.41. The summed E-state index contributed by atoms with van der Waals surface area (Å²) in [6, 6.07) is 7.58. The summed E-state index contributed by atoms with van der Waals surface area (Å²) in [6.07, 6.45) is 1.33. The van der Waals surface area contributed by atoms with Gasteiger partial charge in [0.2, 0.25) is 12.1 Å². The zero-order valence-corrected chi connectivity index (χ0v) is 10.0. The van der Waals surface area contributed by atoms with Crippen LogP contribution in [0.25, 0.3) is 0 Å². The second-order valence-corrected chi connectivity index (χ2v) is 3.61. The van der Waals surface area contributed by atoms with Gasteiger partial charge < -0.3 is 9.47 Å². The molecule has 88 valence electrons. The van der Waals surface area contributed by atoms with Gasteiger partial charge in [-0.25, -0.2) is 0 Å². The number of rotatable bonds is 6. The van der Waals surface area contributed by atoms with Crippen molar-refractivity contribution in [3.05, 3.63) is 35.4 Å². The van der Waals surface area contributed by atoms with Crippen molar-refractivity contribution in [1.82, 2.24) is 0 Å². The van der Waals surface area contributed by atoms with Gasteiger partial charge in [0, 0.05) is 19.8 Å².